The maximum absolute atomic E-state index is 13.0. The molecule has 8 heteroatoms. The van der Waals surface area contributed by atoms with E-state index in [9.17, 15) is 9.18 Å². The molecular weight excluding hydrogens is 367 g/mol. The number of benzene rings is 1. The Bertz CT molecular complexity index is 657. The zero-order valence-electron chi connectivity index (χ0n) is 12.4. The summed E-state index contributed by atoms with van der Waals surface area (Å²) in [4.78, 5) is 20.0. The zero-order chi connectivity index (χ0) is 16.7. The van der Waals surface area contributed by atoms with Gasteiger partial charge in [0.15, 0.2) is 6.10 Å². The molecule has 1 aromatic heterocycles. The fourth-order valence-electron chi connectivity index (χ4n) is 1.71. The van der Waals surface area contributed by atoms with Gasteiger partial charge in [0.05, 0.1) is 4.47 Å². The van der Waals surface area contributed by atoms with E-state index in [4.69, 9.17) is 4.74 Å². The molecule has 1 unspecified atom stereocenters. The smallest absolute Gasteiger partial charge is 0.260 e. The first-order chi connectivity index (χ1) is 11.1. The van der Waals surface area contributed by atoms with Crippen LogP contribution in [0.25, 0.3) is 0 Å². The van der Waals surface area contributed by atoms with Crippen LogP contribution in [-0.4, -0.2) is 35.1 Å². The Hall–Kier alpha value is -2.22. The van der Waals surface area contributed by atoms with Crippen LogP contribution in [0.2, 0.25) is 0 Å². The SMILES string of the molecule is CC(Oc1ccc(F)cc1Br)C(=O)NCCNc1ncccn1. The van der Waals surface area contributed by atoms with Gasteiger partial charge in [-0.25, -0.2) is 14.4 Å². The highest BCUT2D eigenvalue weighted by Gasteiger charge is 2.15. The van der Waals surface area contributed by atoms with Gasteiger partial charge < -0.3 is 15.4 Å². The molecule has 1 aromatic carbocycles. The Morgan fingerprint density at radius 1 is 1.35 bits per heavy atom. The molecule has 2 aromatic rings. The van der Waals surface area contributed by atoms with Crippen LogP contribution in [0.4, 0.5) is 10.3 Å². The Morgan fingerprint density at radius 3 is 2.78 bits per heavy atom. The molecule has 1 heterocycles. The number of nitrogens with one attached hydrogen (secondary N) is 2. The van der Waals surface area contributed by atoms with Crippen LogP contribution in [0.3, 0.4) is 0 Å². The molecule has 6 nitrogen and oxygen atoms in total. The number of ether oxygens (including phenoxy) is 1. The predicted octanol–water partition coefficient (Wildman–Crippen LogP) is 2.37. The number of amides is 1. The van der Waals surface area contributed by atoms with Crippen molar-refractivity contribution in [1.29, 1.82) is 0 Å². The van der Waals surface area contributed by atoms with Crippen LogP contribution < -0.4 is 15.4 Å². The van der Waals surface area contributed by atoms with Crippen LogP contribution in [0.5, 0.6) is 5.75 Å². The summed E-state index contributed by atoms with van der Waals surface area (Å²) in [5.41, 5.74) is 0. The first-order valence-electron chi connectivity index (χ1n) is 6.96. The van der Waals surface area contributed by atoms with E-state index in [0.717, 1.165) is 0 Å². The number of hydrogen-bond donors (Lipinski definition) is 2. The normalized spacial score (nSPS) is 11.6. The lowest BCUT2D eigenvalue weighted by Gasteiger charge is -2.16. The lowest BCUT2D eigenvalue weighted by Crippen LogP contribution is -2.38. The molecule has 23 heavy (non-hydrogen) atoms. The Kier molecular flexibility index (Phi) is 6.28. The third-order valence-electron chi connectivity index (χ3n) is 2.84. The van der Waals surface area contributed by atoms with Gasteiger partial charge >= 0.3 is 0 Å². The van der Waals surface area contributed by atoms with Gasteiger partial charge in [-0.05, 0) is 47.1 Å². The molecule has 2 rings (SSSR count). The number of halogens is 2. The lowest BCUT2D eigenvalue weighted by atomic mass is 10.3. The van der Waals surface area contributed by atoms with Gasteiger partial charge in [0.2, 0.25) is 5.95 Å². The number of hydrogen-bond acceptors (Lipinski definition) is 5. The number of carbonyl (C=O) groups is 1. The first-order valence-corrected chi connectivity index (χ1v) is 7.76. The van der Waals surface area contributed by atoms with Crippen LogP contribution in [-0.2, 0) is 4.79 Å². The first kappa shape index (κ1) is 17.1. The summed E-state index contributed by atoms with van der Waals surface area (Å²) in [6, 6.07) is 5.75. The number of anilines is 1. The standard InChI is InChI=1S/C15H16BrFN4O2/c1-10(23-13-4-3-11(17)9-12(13)16)14(22)18-7-8-21-15-19-5-2-6-20-15/h2-6,9-10H,7-8H2,1H3,(H,18,22)(H,19,20,21). The highest BCUT2D eigenvalue weighted by atomic mass is 79.9. The van der Waals surface area contributed by atoms with Gasteiger partial charge in [-0.15, -0.1) is 0 Å². The number of aromatic nitrogens is 2. The minimum atomic E-state index is -0.704. The maximum atomic E-state index is 13.0. The van der Waals surface area contributed by atoms with Gasteiger partial charge in [0, 0.05) is 25.5 Å². The fraction of sp³-hybridized carbons (Fsp3) is 0.267. The maximum Gasteiger partial charge on any atom is 0.260 e. The van der Waals surface area contributed by atoms with Gasteiger partial charge in [-0.1, -0.05) is 0 Å². The van der Waals surface area contributed by atoms with E-state index in [-0.39, 0.29) is 11.7 Å². The van der Waals surface area contributed by atoms with Crippen molar-refractivity contribution in [3.8, 4) is 5.75 Å². The average molecular weight is 383 g/mol. The predicted molar refractivity (Wildman–Crippen MR) is 87.7 cm³/mol. The number of carbonyl (C=O) groups excluding carboxylic acids is 1. The minimum Gasteiger partial charge on any atom is -0.480 e. The molecule has 0 fully saturated rings. The summed E-state index contributed by atoms with van der Waals surface area (Å²) in [5.74, 6) is 0.263. The molecule has 0 aliphatic rings. The molecule has 1 amide bonds. The average Bonchev–Trinajstić information content (AvgIpc) is 2.55. The Labute approximate surface area is 141 Å². The number of nitrogens with zero attached hydrogens (tertiary/aromatic N) is 2. The lowest BCUT2D eigenvalue weighted by molar-refractivity contribution is -0.127. The van der Waals surface area contributed by atoms with Crippen molar-refractivity contribution in [3.63, 3.8) is 0 Å². The molecule has 0 spiro atoms. The fourth-order valence-corrected chi connectivity index (χ4v) is 2.15. The number of rotatable bonds is 7. The molecule has 0 radical (unpaired) electrons. The van der Waals surface area contributed by atoms with Crippen molar-refractivity contribution < 1.29 is 13.9 Å². The summed E-state index contributed by atoms with van der Waals surface area (Å²) in [5, 5.41) is 5.71. The van der Waals surface area contributed by atoms with Crippen molar-refractivity contribution in [3.05, 3.63) is 46.9 Å². The van der Waals surface area contributed by atoms with Gasteiger partial charge in [0.25, 0.3) is 5.91 Å². The van der Waals surface area contributed by atoms with Gasteiger partial charge in [-0.3, -0.25) is 4.79 Å². The van der Waals surface area contributed by atoms with E-state index in [0.29, 0.717) is 29.3 Å². The third kappa shape index (κ3) is 5.48. The van der Waals surface area contributed by atoms with Crippen molar-refractivity contribution in [2.45, 2.75) is 13.0 Å². The molecule has 2 N–H and O–H groups in total. The van der Waals surface area contributed by atoms with E-state index < -0.39 is 6.10 Å². The van der Waals surface area contributed by atoms with E-state index >= 15 is 0 Å². The second-order valence-electron chi connectivity index (χ2n) is 4.63. The van der Waals surface area contributed by atoms with Gasteiger partial charge in [0.1, 0.15) is 11.6 Å². The van der Waals surface area contributed by atoms with E-state index in [1.807, 2.05) is 0 Å². The summed E-state index contributed by atoms with van der Waals surface area (Å²) in [7, 11) is 0. The molecule has 122 valence electrons. The monoisotopic (exact) mass is 382 g/mol. The van der Waals surface area contributed by atoms with Crippen molar-refractivity contribution >= 4 is 27.8 Å². The van der Waals surface area contributed by atoms with E-state index in [1.54, 1.807) is 25.4 Å². The summed E-state index contributed by atoms with van der Waals surface area (Å²) in [6.07, 6.45) is 2.55. The van der Waals surface area contributed by atoms with Crippen LogP contribution in [0.15, 0.2) is 41.1 Å². The molecule has 0 saturated carbocycles. The molecule has 0 bridgehead atoms. The highest BCUT2D eigenvalue weighted by molar-refractivity contribution is 9.10. The second-order valence-corrected chi connectivity index (χ2v) is 5.48. The largest absolute Gasteiger partial charge is 0.480 e. The van der Waals surface area contributed by atoms with Crippen LogP contribution >= 0.6 is 15.9 Å². The van der Waals surface area contributed by atoms with Crippen molar-refractivity contribution in [2.24, 2.45) is 0 Å². The molecular formula is C15H16BrFN4O2. The second kappa shape index (κ2) is 8.42. The quantitative estimate of drug-likeness (QED) is 0.718. The third-order valence-corrected chi connectivity index (χ3v) is 3.46. The minimum absolute atomic E-state index is 0.267. The molecule has 1 atom stereocenters. The van der Waals surface area contributed by atoms with Crippen LogP contribution in [0.1, 0.15) is 6.92 Å². The Morgan fingerprint density at radius 2 is 2.09 bits per heavy atom. The van der Waals surface area contributed by atoms with E-state index in [1.165, 1.54) is 18.2 Å². The summed E-state index contributed by atoms with van der Waals surface area (Å²) >= 11 is 3.19. The van der Waals surface area contributed by atoms with E-state index in [2.05, 4.69) is 36.5 Å². The Balaban J connectivity index is 1.74. The zero-order valence-corrected chi connectivity index (χ0v) is 14.0. The van der Waals surface area contributed by atoms with Gasteiger partial charge in [-0.2, -0.15) is 0 Å². The van der Waals surface area contributed by atoms with Crippen LogP contribution in [0, 0.1) is 5.82 Å². The van der Waals surface area contributed by atoms with Crippen molar-refractivity contribution in [2.75, 3.05) is 18.4 Å². The topological polar surface area (TPSA) is 76.1 Å². The molecule has 0 saturated heterocycles. The van der Waals surface area contributed by atoms with Crippen molar-refractivity contribution in [1.82, 2.24) is 15.3 Å². The summed E-state index contributed by atoms with van der Waals surface area (Å²) in [6.45, 7) is 2.51. The summed E-state index contributed by atoms with van der Waals surface area (Å²) < 4.78 is 19.0. The highest BCUT2D eigenvalue weighted by Crippen LogP contribution is 2.26. The molecule has 0 aliphatic heterocycles. The molecule has 0 aliphatic carbocycles.